The van der Waals surface area contributed by atoms with Gasteiger partial charge in [0, 0.05) is 20.2 Å². The zero-order chi connectivity index (χ0) is 22.7. The van der Waals surface area contributed by atoms with Gasteiger partial charge in [-0.3, -0.25) is 0 Å². The molecule has 2 saturated heterocycles. The summed E-state index contributed by atoms with van der Waals surface area (Å²) >= 11 is 0. The molecule has 0 spiro atoms. The molecule has 2 amide bonds. The number of urea groups is 1. The third kappa shape index (κ3) is 8.85. The second-order valence-electron chi connectivity index (χ2n) is 9.11. The van der Waals surface area contributed by atoms with E-state index in [0.717, 1.165) is 12.8 Å². The molecule has 0 radical (unpaired) electrons. The molecule has 31 heavy (non-hydrogen) atoms. The van der Waals surface area contributed by atoms with Crippen LogP contribution in [-0.4, -0.2) is 67.8 Å². The molecule has 2 aliphatic heterocycles. The predicted octanol–water partition coefficient (Wildman–Crippen LogP) is 3.46. The van der Waals surface area contributed by atoms with Crippen LogP contribution in [0.4, 0.5) is 4.79 Å². The lowest BCUT2D eigenvalue weighted by Crippen LogP contribution is -2.48. The molecule has 2 rings (SSSR count). The molecule has 0 aromatic heterocycles. The first-order valence-electron chi connectivity index (χ1n) is 12.1. The monoisotopic (exact) mass is 444 g/mol. The van der Waals surface area contributed by atoms with Crippen molar-refractivity contribution in [3.8, 4) is 0 Å². The van der Waals surface area contributed by atoms with Gasteiger partial charge in [-0.15, -0.1) is 0 Å². The molecular weight excluding hydrogens is 400 g/mol. The van der Waals surface area contributed by atoms with Crippen molar-refractivity contribution in [1.82, 2.24) is 10.6 Å². The fourth-order valence-electron chi connectivity index (χ4n) is 4.28. The Balaban J connectivity index is 1.72. The molecule has 0 aliphatic carbocycles. The van der Waals surface area contributed by atoms with Gasteiger partial charge in [0.1, 0.15) is 24.4 Å². The Morgan fingerprint density at radius 3 is 2.19 bits per heavy atom. The van der Waals surface area contributed by atoms with Crippen molar-refractivity contribution in [3.05, 3.63) is 0 Å². The van der Waals surface area contributed by atoms with Gasteiger partial charge in [0.05, 0.1) is 0 Å². The Morgan fingerprint density at radius 2 is 1.58 bits per heavy atom. The molecule has 2 aliphatic rings. The summed E-state index contributed by atoms with van der Waals surface area (Å²) in [7, 11) is 1.57. The van der Waals surface area contributed by atoms with E-state index < -0.39 is 36.5 Å². The fourth-order valence-corrected chi connectivity index (χ4v) is 4.28. The number of unbranched alkanes of at least 4 members (excludes halogenated alkanes) is 9. The SMILES string of the molecule is CCCCCCCCCCCCO[C@H](CNC(=O)NC)[C@H]1O[C@H](O)[C@H]2OC(C)(C)O[C@H]21. The van der Waals surface area contributed by atoms with E-state index in [1.165, 1.54) is 51.4 Å². The van der Waals surface area contributed by atoms with Crippen LogP contribution in [-0.2, 0) is 18.9 Å². The summed E-state index contributed by atoms with van der Waals surface area (Å²) in [4.78, 5) is 11.7. The number of hydrogen-bond acceptors (Lipinski definition) is 6. The minimum absolute atomic E-state index is 0.266. The third-order valence-corrected chi connectivity index (χ3v) is 5.95. The van der Waals surface area contributed by atoms with Crippen LogP contribution in [0, 0.1) is 0 Å². The lowest BCUT2D eigenvalue weighted by Gasteiger charge is -2.28. The van der Waals surface area contributed by atoms with Crippen LogP contribution in [0.1, 0.15) is 85.0 Å². The van der Waals surface area contributed by atoms with Gasteiger partial charge in [-0.25, -0.2) is 4.79 Å². The van der Waals surface area contributed by atoms with E-state index in [9.17, 15) is 9.90 Å². The highest BCUT2D eigenvalue weighted by molar-refractivity contribution is 5.73. The Morgan fingerprint density at radius 1 is 1.00 bits per heavy atom. The van der Waals surface area contributed by atoms with Gasteiger partial charge in [-0.05, 0) is 20.3 Å². The van der Waals surface area contributed by atoms with Gasteiger partial charge < -0.3 is 34.7 Å². The Hall–Kier alpha value is -0.930. The van der Waals surface area contributed by atoms with Crippen molar-refractivity contribution in [2.24, 2.45) is 0 Å². The smallest absolute Gasteiger partial charge is 0.314 e. The number of carbonyl (C=O) groups is 1. The van der Waals surface area contributed by atoms with Crippen LogP contribution in [0.5, 0.6) is 0 Å². The zero-order valence-corrected chi connectivity index (χ0v) is 19.9. The largest absolute Gasteiger partial charge is 0.374 e. The fraction of sp³-hybridized carbons (Fsp3) is 0.957. The van der Waals surface area contributed by atoms with Crippen molar-refractivity contribution in [2.75, 3.05) is 20.2 Å². The molecule has 5 atom stereocenters. The average molecular weight is 445 g/mol. The highest BCUT2D eigenvalue weighted by Gasteiger charge is 2.57. The highest BCUT2D eigenvalue weighted by atomic mass is 16.8. The molecule has 8 heteroatoms. The lowest BCUT2D eigenvalue weighted by molar-refractivity contribution is -0.232. The number of carbonyl (C=O) groups excluding carboxylic acids is 1. The molecule has 0 aromatic carbocycles. The molecule has 0 unspecified atom stereocenters. The highest BCUT2D eigenvalue weighted by Crippen LogP contribution is 2.39. The molecule has 0 aromatic rings. The van der Waals surface area contributed by atoms with Gasteiger partial charge >= 0.3 is 6.03 Å². The van der Waals surface area contributed by atoms with Crippen LogP contribution in [0.3, 0.4) is 0 Å². The van der Waals surface area contributed by atoms with Gasteiger partial charge in [-0.2, -0.15) is 0 Å². The number of hydrogen-bond donors (Lipinski definition) is 3. The minimum Gasteiger partial charge on any atom is -0.374 e. The summed E-state index contributed by atoms with van der Waals surface area (Å²) in [5.41, 5.74) is 0. The molecule has 8 nitrogen and oxygen atoms in total. The maximum Gasteiger partial charge on any atom is 0.314 e. The van der Waals surface area contributed by atoms with E-state index in [-0.39, 0.29) is 12.6 Å². The minimum atomic E-state index is -1.07. The Bertz CT molecular complexity index is 518. The molecule has 0 bridgehead atoms. The summed E-state index contributed by atoms with van der Waals surface area (Å²) in [6.45, 7) is 6.72. The topological polar surface area (TPSA) is 98.3 Å². The van der Waals surface area contributed by atoms with Crippen LogP contribution in [0.2, 0.25) is 0 Å². The number of rotatable bonds is 15. The maximum atomic E-state index is 11.7. The van der Waals surface area contributed by atoms with Gasteiger partial charge in [0.25, 0.3) is 0 Å². The van der Waals surface area contributed by atoms with E-state index in [2.05, 4.69) is 17.6 Å². The molecule has 3 N–H and O–H groups in total. The van der Waals surface area contributed by atoms with E-state index in [1.54, 1.807) is 7.05 Å². The number of aliphatic hydroxyl groups is 1. The molecule has 2 fully saturated rings. The normalized spacial score (nSPS) is 27.8. The third-order valence-electron chi connectivity index (χ3n) is 5.95. The van der Waals surface area contributed by atoms with E-state index in [4.69, 9.17) is 18.9 Å². The van der Waals surface area contributed by atoms with Crippen molar-refractivity contribution in [2.45, 2.75) is 121 Å². The maximum absolute atomic E-state index is 11.7. The van der Waals surface area contributed by atoms with E-state index in [1.807, 2.05) is 13.8 Å². The standard InChI is InChI=1S/C23H44N2O6/c1-5-6-7-8-9-10-11-12-13-14-15-28-17(16-25-22(27)24-4)18-19-20(21(26)29-18)31-23(2,3)30-19/h17-21,26H,5-16H2,1-4H3,(H2,24,25,27)/t17-,18-,19+,20+,21+/m1/s1. The number of ether oxygens (including phenoxy) is 4. The summed E-state index contributed by atoms with van der Waals surface area (Å²) in [5, 5.41) is 15.6. The van der Waals surface area contributed by atoms with Crippen molar-refractivity contribution >= 4 is 6.03 Å². The first-order valence-corrected chi connectivity index (χ1v) is 12.1. The van der Waals surface area contributed by atoms with E-state index in [0.29, 0.717) is 6.61 Å². The number of fused-ring (bicyclic) bond motifs is 1. The molecule has 0 saturated carbocycles. The summed E-state index contributed by atoms with van der Waals surface area (Å²) in [5.74, 6) is -0.784. The van der Waals surface area contributed by atoms with Crippen LogP contribution in [0.25, 0.3) is 0 Å². The number of amides is 2. The second kappa shape index (κ2) is 13.6. The predicted molar refractivity (Wildman–Crippen MR) is 119 cm³/mol. The zero-order valence-electron chi connectivity index (χ0n) is 19.9. The van der Waals surface area contributed by atoms with Crippen molar-refractivity contribution in [1.29, 1.82) is 0 Å². The van der Waals surface area contributed by atoms with Crippen molar-refractivity contribution < 1.29 is 28.8 Å². The summed E-state index contributed by atoms with van der Waals surface area (Å²) in [6, 6.07) is -0.286. The Labute approximate surface area is 187 Å². The van der Waals surface area contributed by atoms with E-state index >= 15 is 0 Å². The Kier molecular flexibility index (Phi) is 11.5. The first-order chi connectivity index (χ1) is 14.9. The van der Waals surface area contributed by atoms with Crippen LogP contribution in [0.15, 0.2) is 0 Å². The molecule has 2 heterocycles. The second-order valence-corrected chi connectivity index (χ2v) is 9.11. The first kappa shape index (κ1) is 26.3. The average Bonchev–Trinajstić information content (AvgIpc) is 3.21. The van der Waals surface area contributed by atoms with Gasteiger partial charge in [0.2, 0.25) is 0 Å². The summed E-state index contributed by atoms with van der Waals surface area (Å²) in [6.07, 6.45) is 9.58. The van der Waals surface area contributed by atoms with Gasteiger partial charge in [-0.1, -0.05) is 64.7 Å². The van der Waals surface area contributed by atoms with Gasteiger partial charge in [0.15, 0.2) is 12.1 Å². The van der Waals surface area contributed by atoms with Crippen molar-refractivity contribution in [3.63, 3.8) is 0 Å². The molecule has 182 valence electrons. The van der Waals surface area contributed by atoms with Crippen LogP contribution >= 0.6 is 0 Å². The lowest BCUT2D eigenvalue weighted by atomic mass is 10.1. The van der Waals surface area contributed by atoms with Crippen LogP contribution < -0.4 is 10.6 Å². The summed E-state index contributed by atoms with van der Waals surface area (Å²) < 4.78 is 23.5. The molecular formula is C23H44N2O6. The number of nitrogens with one attached hydrogen (secondary N) is 2. The number of aliphatic hydroxyl groups excluding tert-OH is 1. The quantitative estimate of drug-likeness (QED) is 0.335.